The number of hydrogen-bond acceptors (Lipinski definition) is 3. The van der Waals surface area contributed by atoms with Crippen molar-refractivity contribution in [2.24, 2.45) is 0 Å². The number of nitrogens with two attached hydrogens (primary N) is 1. The topological polar surface area (TPSA) is 56.7 Å². The van der Waals surface area contributed by atoms with Crippen molar-refractivity contribution in [1.82, 2.24) is 14.8 Å². The Morgan fingerprint density at radius 1 is 1.33 bits per heavy atom. The Kier molecular flexibility index (Phi) is 2.54. The number of aryl methyl sites for hydroxylation is 1. The third-order valence-electron chi connectivity index (χ3n) is 1.85. The van der Waals surface area contributed by atoms with Crippen LogP contribution in [0.2, 0.25) is 10.0 Å². The molecular weight excluding hydrogens is 235 g/mol. The summed E-state index contributed by atoms with van der Waals surface area (Å²) in [4.78, 5) is 4.08. The summed E-state index contributed by atoms with van der Waals surface area (Å²) in [6.45, 7) is 1.84. The van der Waals surface area contributed by atoms with Crippen molar-refractivity contribution in [1.29, 1.82) is 0 Å². The maximum absolute atomic E-state index is 5.98. The second-order valence-corrected chi connectivity index (χ2v) is 3.92. The van der Waals surface area contributed by atoms with E-state index in [2.05, 4.69) is 10.1 Å². The monoisotopic (exact) mass is 242 g/mol. The predicted octanol–water partition coefficient (Wildman–Crippen LogP) is 2.46. The Morgan fingerprint density at radius 3 is 2.60 bits per heavy atom. The summed E-state index contributed by atoms with van der Waals surface area (Å²) < 4.78 is 1.48. The number of hydrogen-bond donors (Lipinski definition) is 1. The number of nitrogen functional groups attached to an aromatic ring is 1. The molecule has 4 nitrogen and oxygen atoms in total. The van der Waals surface area contributed by atoms with Crippen LogP contribution in [-0.4, -0.2) is 14.8 Å². The number of nitrogens with zero attached hydrogens (tertiary/aromatic N) is 3. The zero-order valence-electron chi connectivity index (χ0n) is 7.91. The zero-order valence-corrected chi connectivity index (χ0v) is 9.42. The lowest BCUT2D eigenvalue weighted by Crippen LogP contribution is -2.04. The minimum Gasteiger partial charge on any atom is -0.384 e. The highest BCUT2D eigenvalue weighted by atomic mass is 35.5. The molecule has 2 aromatic heterocycles. The summed E-state index contributed by atoms with van der Waals surface area (Å²) in [5, 5.41) is 5.06. The highest BCUT2D eigenvalue weighted by Crippen LogP contribution is 2.23. The predicted molar refractivity (Wildman–Crippen MR) is 60.5 cm³/mol. The molecule has 0 saturated heterocycles. The number of anilines is 1. The van der Waals surface area contributed by atoms with E-state index in [0.29, 0.717) is 21.7 Å². The molecule has 0 spiro atoms. The van der Waals surface area contributed by atoms with Gasteiger partial charge in [0.1, 0.15) is 5.82 Å². The van der Waals surface area contributed by atoms with Crippen LogP contribution in [0.3, 0.4) is 0 Å². The molecule has 0 amide bonds. The van der Waals surface area contributed by atoms with Gasteiger partial charge < -0.3 is 5.73 Å². The van der Waals surface area contributed by atoms with Crippen molar-refractivity contribution in [2.75, 3.05) is 5.73 Å². The van der Waals surface area contributed by atoms with Gasteiger partial charge in [-0.25, -0.2) is 4.98 Å². The maximum Gasteiger partial charge on any atom is 0.174 e. The molecule has 78 valence electrons. The summed E-state index contributed by atoms with van der Waals surface area (Å²) in [6, 6.07) is 3.34. The lowest BCUT2D eigenvalue weighted by atomic mass is 10.4. The van der Waals surface area contributed by atoms with E-state index < -0.39 is 0 Å². The molecule has 15 heavy (non-hydrogen) atoms. The van der Waals surface area contributed by atoms with Crippen LogP contribution in [0, 0.1) is 6.92 Å². The van der Waals surface area contributed by atoms with Gasteiger partial charge in [-0.15, -0.1) is 0 Å². The Balaban J connectivity index is 2.59. The van der Waals surface area contributed by atoms with Crippen LogP contribution >= 0.6 is 23.2 Å². The van der Waals surface area contributed by atoms with Crippen LogP contribution in [0.1, 0.15) is 5.69 Å². The molecule has 0 atom stereocenters. The van der Waals surface area contributed by atoms with Crippen molar-refractivity contribution in [3.8, 4) is 5.82 Å². The molecule has 0 fully saturated rings. The first kappa shape index (κ1) is 10.3. The molecule has 0 saturated carbocycles. The van der Waals surface area contributed by atoms with Gasteiger partial charge in [0.25, 0.3) is 0 Å². The van der Waals surface area contributed by atoms with Crippen molar-refractivity contribution in [2.45, 2.75) is 6.92 Å². The molecule has 0 radical (unpaired) electrons. The van der Waals surface area contributed by atoms with Gasteiger partial charge in [-0.05, 0) is 13.0 Å². The number of pyridine rings is 1. The van der Waals surface area contributed by atoms with Gasteiger partial charge in [0.05, 0.1) is 15.7 Å². The van der Waals surface area contributed by atoms with Gasteiger partial charge in [-0.1, -0.05) is 23.2 Å². The summed E-state index contributed by atoms with van der Waals surface area (Å²) in [5.41, 5.74) is 6.56. The molecule has 0 aliphatic heterocycles. The fourth-order valence-corrected chi connectivity index (χ4v) is 1.71. The SMILES string of the molecule is Cc1cc(N)n(-c2ncc(Cl)cc2Cl)n1. The first-order chi connectivity index (χ1) is 7.08. The van der Waals surface area contributed by atoms with Gasteiger partial charge in [-0.3, -0.25) is 0 Å². The first-order valence-corrected chi connectivity index (χ1v) is 4.97. The number of aromatic nitrogens is 3. The molecule has 0 aliphatic carbocycles. The highest BCUT2D eigenvalue weighted by Gasteiger charge is 2.09. The van der Waals surface area contributed by atoms with Crippen molar-refractivity contribution in [3.05, 3.63) is 34.1 Å². The zero-order chi connectivity index (χ0) is 11.0. The Hall–Kier alpha value is -1.26. The van der Waals surface area contributed by atoms with E-state index in [-0.39, 0.29) is 0 Å². The molecule has 0 aromatic carbocycles. The summed E-state index contributed by atoms with van der Waals surface area (Å²) in [7, 11) is 0. The fourth-order valence-electron chi connectivity index (χ4n) is 1.25. The first-order valence-electron chi connectivity index (χ1n) is 4.21. The smallest absolute Gasteiger partial charge is 0.174 e. The lowest BCUT2D eigenvalue weighted by Gasteiger charge is -2.04. The molecule has 2 aromatic rings. The maximum atomic E-state index is 5.98. The van der Waals surface area contributed by atoms with Crippen LogP contribution in [-0.2, 0) is 0 Å². The Morgan fingerprint density at radius 2 is 2.07 bits per heavy atom. The Bertz CT molecular complexity index is 507. The molecular formula is C9H8Cl2N4. The quantitative estimate of drug-likeness (QED) is 0.836. The molecule has 2 rings (SSSR count). The van der Waals surface area contributed by atoms with E-state index in [9.17, 15) is 0 Å². The molecule has 0 unspecified atom stereocenters. The average molecular weight is 243 g/mol. The lowest BCUT2D eigenvalue weighted by molar-refractivity contribution is 0.842. The summed E-state index contributed by atoms with van der Waals surface area (Å²) in [5.74, 6) is 0.968. The molecule has 2 N–H and O–H groups in total. The minimum absolute atomic E-state index is 0.414. The van der Waals surface area contributed by atoms with Crippen LogP contribution in [0.15, 0.2) is 18.3 Å². The van der Waals surface area contributed by atoms with Crippen molar-refractivity contribution < 1.29 is 0 Å². The molecule has 2 heterocycles. The third-order valence-corrected chi connectivity index (χ3v) is 2.33. The second kappa shape index (κ2) is 3.72. The van der Waals surface area contributed by atoms with Crippen LogP contribution in [0.4, 0.5) is 5.82 Å². The number of rotatable bonds is 1. The Labute approximate surface area is 96.6 Å². The van der Waals surface area contributed by atoms with E-state index >= 15 is 0 Å². The number of halogens is 2. The van der Waals surface area contributed by atoms with Crippen LogP contribution in [0.25, 0.3) is 5.82 Å². The molecule has 6 heteroatoms. The standard InChI is InChI=1S/C9H8Cl2N4/c1-5-2-8(12)15(14-5)9-7(11)3-6(10)4-13-9/h2-4H,12H2,1H3. The summed E-state index contributed by atoms with van der Waals surface area (Å²) >= 11 is 11.7. The van der Waals surface area contributed by atoms with Gasteiger partial charge >= 0.3 is 0 Å². The van der Waals surface area contributed by atoms with Gasteiger partial charge in [0.2, 0.25) is 0 Å². The van der Waals surface area contributed by atoms with Gasteiger partial charge in [-0.2, -0.15) is 9.78 Å². The van der Waals surface area contributed by atoms with E-state index in [1.807, 2.05) is 6.92 Å². The van der Waals surface area contributed by atoms with E-state index in [1.165, 1.54) is 10.9 Å². The third kappa shape index (κ3) is 1.91. The largest absolute Gasteiger partial charge is 0.384 e. The van der Waals surface area contributed by atoms with Crippen LogP contribution in [0.5, 0.6) is 0 Å². The fraction of sp³-hybridized carbons (Fsp3) is 0.111. The second-order valence-electron chi connectivity index (χ2n) is 3.08. The highest BCUT2D eigenvalue weighted by molar-refractivity contribution is 6.35. The molecule has 0 bridgehead atoms. The average Bonchev–Trinajstić information content (AvgIpc) is 2.45. The van der Waals surface area contributed by atoms with Crippen LogP contribution < -0.4 is 5.73 Å². The van der Waals surface area contributed by atoms with E-state index in [0.717, 1.165) is 5.69 Å². The summed E-state index contributed by atoms with van der Waals surface area (Å²) in [6.07, 6.45) is 1.50. The van der Waals surface area contributed by atoms with Crippen molar-refractivity contribution in [3.63, 3.8) is 0 Å². The minimum atomic E-state index is 0.414. The molecule has 0 aliphatic rings. The van der Waals surface area contributed by atoms with Gasteiger partial charge in [0.15, 0.2) is 5.82 Å². The van der Waals surface area contributed by atoms with E-state index in [4.69, 9.17) is 28.9 Å². The normalized spacial score (nSPS) is 10.6. The van der Waals surface area contributed by atoms with Crippen molar-refractivity contribution >= 4 is 29.0 Å². The van der Waals surface area contributed by atoms with E-state index in [1.54, 1.807) is 12.1 Å². The van der Waals surface area contributed by atoms with Gasteiger partial charge in [0, 0.05) is 12.3 Å².